The zero-order valence-corrected chi connectivity index (χ0v) is 17.1. The highest BCUT2D eigenvalue weighted by atomic mass is 16.5. The Balaban J connectivity index is 1.67. The molecule has 1 atom stereocenters. The maximum absolute atomic E-state index is 12.6. The second kappa shape index (κ2) is 8.33. The fourth-order valence-electron chi connectivity index (χ4n) is 3.67. The van der Waals surface area contributed by atoms with Crippen molar-refractivity contribution in [2.75, 3.05) is 37.7 Å². The first-order chi connectivity index (χ1) is 14.5. The molecule has 3 aromatic rings. The molecule has 10 heteroatoms. The molecule has 0 amide bonds. The molecule has 3 heterocycles. The number of nitrogens with one attached hydrogen (secondary N) is 2. The van der Waals surface area contributed by atoms with Gasteiger partial charge in [-0.1, -0.05) is 18.2 Å². The lowest BCUT2D eigenvalue weighted by Gasteiger charge is -2.29. The van der Waals surface area contributed by atoms with Gasteiger partial charge in [-0.2, -0.15) is 4.98 Å². The van der Waals surface area contributed by atoms with E-state index in [-0.39, 0.29) is 18.7 Å². The minimum absolute atomic E-state index is 0.0647. The highest BCUT2D eigenvalue weighted by Crippen LogP contribution is 2.21. The maximum Gasteiger partial charge on any atom is 0.329 e. The van der Waals surface area contributed by atoms with Crippen molar-refractivity contribution in [1.82, 2.24) is 24.4 Å². The molecule has 2 aromatic heterocycles. The number of rotatable bonds is 6. The van der Waals surface area contributed by atoms with Crippen molar-refractivity contribution in [2.24, 2.45) is 7.05 Å². The highest BCUT2D eigenvalue weighted by Gasteiger charge is 2.24. The van der Waals surface area contributed by atoms with Crippen molar-refractivity contribution >= 4 is 17.1 Å². The number of anilines is 1. The van der Waals surface area contributed by atoms with Crippen molar-refractivity contribution in [3.63, 3.8) is 0 Å². The summed E-state index contributed by atoms with van der Waals surface area (Å²) >= 11 is 0. The van der Waals surface area contributed by atoms with E-state index in [1.54, 1.807) is 11.6 Å². The Labute approximate surface area is 172 Å². The number of aromatic nitrogens is 4. The Morgan fingerprint density at radius 1 is 1.23 bits per heavy atom. The molecule has 0 bridgehead atoms. The topological polar surface area (TPSA) is 117 Å². The number of imidazole rings is 1. The largest absolute Gasteiger partial charge is 0.491 e. The number of H-pyrrole nitrogens is 1. The second-order valence-electron chi connectivity index (χ2n) is 7.48. The molecule has 0 radical (unpaired) electrons. The molecular formula is C20H26N6O4. The lowest BCUT2D eigenvalue weighted by molar-refractivity contribution is 0.0933. The van der Waals surface area contributed by atoms with E-state index in [0.717, 1.165) is 18.7 Å². The summed E-state index contributed by atoms with van der Waals surface area (Å²) in [7, 11) is 1.57. The van der Waals surface area contributed by atoms with Crippen molar-refractivity contribution in [1.29, 1.82) is 0 Å². The van der Waals surface area contributed by atoms with Crippen LogP contribution in [0.5, 0.6) is 5.75 Å². The van der Waals surface area contributed by atoms with Crippen molar-refractivity contribution < 1.29 is 9.84 Å². The number of fused-ring (bicyclic) bond motifs is 1. The zero-order valence-electron chi connectivity index (χ0n) is 17.1. The Hall–Kier alpha value is -3.11. The molecule has 1 aliphatic heterocycles. The van der Waals surface area contributed by atoms with Gasteiger partial charge in [0.2, 0.25) is 5.95 Å². The average Bonchev–Trinajstić information content (AvgIpc) is 3.12. The summed E-state index contributed by atoms with van der Waals surface area (Å²) in [6.45, 7) is 5.12. The van der Waals surface area contributed by atoms with E-state index in [1.807, 2.05) is 31.2 Å². The third-order valence-corrected chi connectivity index (χ3v) is 5.30. The van der Waals surface area contributed by atoms with Gasteiger partial charge in [-0.15, -0.1) is 0 Å². The third-order valence-electron chi connectivity index (χ3n) is 5.30. The summed E-state index contributed by atoms with van der Waals surface area (Å²) in [5.41, 5.74) is 0.497. The molecule has 10 nitrogen and oxygen atoms in total. The van der Waals surface area contributed by atoms with Gasteiger partial charge in [-0.05, 0) is 18.6 Å². The van der Waals surface area contributed by atoms with Crippen LogP contribution < -0.4 is 26.2 Å². The number of aliphatic hydroxyl groups excluding tert-OH is 1. The number of para-hydroxylation sites is 1. The smallest absolute Gasteiger partial charge is 0.329 e. The minimum atomic E-state index is -0.875. The molecule has 4 rings (SSSR count). The number of hydrogen-bond acceptors (Lipinski definition) is 7. The second-order valence-corrected chi connectivity index (χ2v) is 7.48. The van der Waals surface area contributed by atoms with Crippen LogP contribution in [0.3, 0.4) is 0 Å². The molecule has 0 aliphatic carbocycles. The monoisotopic (exact) mass is 414 g/mol. The van der Waals surface area contributed by atoms with E-state index in [2.05, 4.69) is 20.2 Å². The highest BCUT2D eigenvalue weighted by molar-refractivity contribution is 5.74. The van der Waals surface area contributed by atoms with E-state index in [4.69, 9.17) is 4.74 Å². The van der Waals surface area contributed by atoms with E-state index < -0.39 is 17.4 Å². The van der Waals surface area contributed by atoms with Crippen LogP contribution in [0.15, 0.2) is 33.9 Å². The van der Waals surface area contributed by atoms with Crippen molar-refractivity contribution in [3.05, 3.63) is 50.7 Å². The summed E-state index contributed by atoms with van der Waals surface area (Å²) in [5.74, 6) is 1.27. The van der Waals surface area contributed by atoms with Gasteiger partial charge in [0.25, 0.3) is 5.56 Å². The van der Waals surface area contributed by atoms with Crippen LogP contribution in [0, 0.1) is 6.92 Å². The van der Waals surface area contributed by atoms with E-state index in [9.17, 15) is 14.7 Å². The lowest BCUT2D eigenvalue weighted by Crippen LogP contribution is -2.45. The van der Waals surface area contributed by atoms with E-state index in [1.165, 1.54) is 4.57 Å². The number of hydrogen-bond donors (Lipinski definition) is 3. The van der Waals surface area contributed by atoms with Crippen LogP contribution >= 0.6 is 0 Å². The summed E-state index contributed by atoms with van der Waals surface area (Å²) in [4.78, 5) is 33.6. The number of aromatic amines is 1. The third kappa shape index (κ3) is 3.83. The average molecular weight is 414 g/mol. The molecule has 1 saturated heterocycles. The first-order valence-electron chi connectivity index (χ1n) is 9.97. The predicted molar refractivity (Wildman–Crippen MR) is 113 cm³/mol. The molecular weight excluding hydrogens is 388 g/mol. The number of aliphatic hydroxyl groups is 1. The zero-order chi connectivity index (χ0) is 21.3. The van der Waals surface area contributed by atoms with Gasteiger partial charge < -0.3 is 24.6 Å². The summed E-state index contributed by atoms with van der Waals surface area (Å²) in [5, 5.41) is 14.0. The van der Waals surface area contributed by atoms with Gasteiger partial charge >= 0.3 is 5.69 Å². The number of benzene rings is 1. The van der Waals surface area contributed by atoms with Crippen LogP contribution in [0.1, 0.15) is 5.56 Å². The van der Waals surface area contributed by atoms with E-state index in [0.29, 0.717) is 30.4 Å². The number of nitrogens with zero attached hydrogens (tertiary/aromatic N) is 4. The quantitative estimate of drug-likeness (QED) is 0.502. The van der Waals surface area contributed by atoms with Gasteiger partial charge in [-0.3, -0.25) is 14.3 Å². The van der Waals surface area contributed by atoms with Crippen molar-refractivity contribution in [2.45, 2.75) is 19.6 Å². The summed E-state index contributed by atoms with van der Waals surface area (Å²) in [6.07, 6.45) is -0.875. The molecule has 1 aromatic carbocycles. The van der Waals surface area contributed by atoms with Crippen molar-refractivity contribution in [3.8, 4) is 5.75 Å². The van der Waals surface area contributed by atoms with Gasteiger partial charge in [0, 0.05) is 33.2 Å². The SMILES string of the molecule is Cc1ccccc1OCC(O)Cn1c(N2CCNCC2)nc2c1c(=O)[nH]c(=O)n2C. The Morgan fingerprint density at radius 2 is 1.97 bits per heavy atom. The standard InChI is InChI=1S/C20H26N6O4/c1-13-5-3-4-6-15(13)30-12-14(27)11-26-16-17(24(2)20(29)23-18(16)28)22-19(26)25-9-7-21-8-10-25/h3-6,14,21,27H,7-12H2,1-2H3,(H,23,28,29). The fraction of sp³-hybridized carbons (Fsp3) is 0.450. The molecule has 0 saturated carbocycles. The molecule has 160 valence electrons. The Kier molecular flexibility index (Phi) is 5.60. The normalized spacial score (nSPS) is 15.5. The molecule has 30 heavy (non-hydrogen) atoms. The van der Waals surface area contributed by atoms with Crippen LogP contribution in [-0.2, 0) is 13.6 Å². The number of ether oxygens (including phenoxy) is 1. The summed E-state index contributed by atoms with van der Waals surface area (Å²) < 4.78 is 8.77. The lowest BCUT2D eigenvalue weighted by atomic mass is 10.2. The molecule has 0 spiro atoms. The Morgan fingerprint density at radius 3 is 2.70 bits per heavy atom. The van der Waals surface area contributed by atoms with Gasteiger partial charge in [-0.25, -0.2) is 4.79 Å². The summed E-state index contributed by atoms with van der Waals surface area (Å²) in [6, 6.07) is 7.59. The maximum atomic E-state index is 12.6. The molecule has 1 unspecified atom stereocenters. The molecule has 1 fully saturated rings. The van der Waals surface area contributed by atoms with Gasteiger partial charge in [0.1, 0.15) is 18.5 Å². The first kappa shape index (κ1) is 20.2. The van der Waals surface area contributed by atoms with Crippen LogP contribution in [-0.4, -0.2) is 63.1 Å². The molecule has 1 aliphatic rings. The van der Waals surface area contributed by atoms with E-state index >= 15 is 0 Å². The molecule has 3 N–H and O–H groups in total. The van der Waals surface area contributed by atoms with Crippen LogP contribution in [0.25, 0.3) is 11.2 Å². The fourth-order valence-corrected chi connectivity index (χ4v) is 3.67. The minimum Gasteiger partial charge on any atom is -0.491 e. The number of aryl methyl sites for hydroxylation is 2. The van der Waals surface area contributed by atoms with Crippen LogP contribution in [0.4, 0.5) is 5.95 Å². The predicted octanol–water partition coefficient (Wildman–Crippen LogP) is -0.419. The first-order valence-corrected chi connectivity index (χ1v) is 9.97. The number of piperazine rings is 1. The van der Waals surface area contributed by atoms with Gasteiger partial charge in [0.15, 0.2) is 11.2 Å². The Bertz CT molecular complexity index is 1160. The van der Waals surface area contributed by atoms with Crippen LogP contribution in [0.2, 0.25) is 0 Å². The van der Waals surface area contributed by atoms with Gasteiger partial charge in [0.05, 0.1) is 6.54 Å².